The van der Waals surface area contributed by atoms with Crippen molar-refractivity contribution in [2.45, 2.75) is 13.8 Å². The lowest BCUT2D eigenvalue weighted by Crippen LogP contribution is -2.22. The molecule has 0 saturated heterocycles. The van der Waals surface area contributed by atoms with Crippen LogP contribution >= 0.6 is 0 Å². The fraction of sp³-hybridized carbons (Fsp3) is 0.308. The number of ether oxygens (including phenoxy) is 1. The van der Waals surface area contributed by atoms with Crippen LogP contribution in [0.5, 0.6) is 5.75 Å². The Morgan fingerprint density at radius 1 is 1.44 bits per heavy atom. The van der Waals surface area contributed by atoms with Gasteiger partial charge in [-0.15, -0.1) is 0 Å². The van der Waals surface area contributed by atoms with Crippen LogP contribution in [-0.2, 0) is 4.79 Å². The lowest BCUT2D eigenvalue weighted by molar-refractivity contribution is -0.115. The molecule has 0 aliphatic carbocycles. The van der Waals surface area contributed by atoms with E-state index < -0.39 is 0 Å². The van der Waals surface area contributed by atoms with E-state index in [9.17, 15) is 4.79 Å². The molecular weight excluding hydrogens is 230 g/mol. The van der Waals surface area contributed by atoms with Crippen LogP contribution in [0.15, 0.2) is 34.4 Å². The Hall–Kier alpha value is -2.17. The number of nitrogens with zero attached hydrogens (tertiary/aromatic N) is 2. The van der Waals surface area contributed by atoms with Crippen LogP contribution in [0.2, 0.25) is 0 Å². The molecule has 0 aliphatic heterocycles. The van der Waals surface area contributed by atoms with Crippen molar-refractivity contribution in [2.75, 3.05) is 7.11 Å². The van der Waals surface area contributed by atoms with E-state index in [4.69, 9.17) is 10.6 Å². The van der Waals surface area contributed by atoms with Crippen molar-refractivity contribution in [3.63, 3.8) is 0 Å². The van der Waals surface area contributed by atoms with Crippen molar-refractivity contribution in [3.8, 4) is 5.75 Å². The second-order valence-electron chi connectivity index (χ2n) is 3.99. The molecule has 1 rings (SSSR count). The topological polar surface area (TPSA) is 77.0 Å². The number of carbonyl (C=O) groups is 1. The third-order valence-electron chi connectivity index (χ3n) is 2.31. The molecule has 1 aromatic carbocycles. The highest BCUT2D eigenvalue weighted by Gasteiger charge is 2.13. The number of nitrogens with two attached hydrogens (primary N) is 1. The first kappa shape index (κ1) is 13.9. The van der Waals surface area contributed by atoms with Crippen LogP contribution in [-0.4, -0.2) is 24.8 Å². The summed E-state index contributed by atoms with van der Waals surface area (Å²) in [4.78, 5) is 15.8. The highest BCUT2D eigenvalue weighted by molar-refractivity contribution is 6.61. The van der Waals surface area contributed by atoms with Crippen LogP contribution in [0.25, 0.3) is 0 Å². The Kier molecular flexibility index (Phi) is 5.05. The van der Waals surface area contributed by atoms with E-state index in [0.717, 1.165) is 0 Å². The van der Waals surface area contributed by atoms with Crippen molar-refractivity contribution in [3.05, 3.63) is 24.3 Å². The fourth-order valence-corrected chi connectivity index (χ4v) is 1.28. The third kappa shape index (κ3) is 3.69. The number of hydrogen-bond acceptors (Lipinski definition) is 5. The quantitative estimate of drug-likeness (QED) is 0.490. The van der Waals surface area contributed by atoms with Crippen LogP contribution in [0.1, 0.15) is 13.8 Å². The molecule has 0 saturated carbocycles. The number of benzene rings is 1. The summed E-state index contributed by atoms with van der Waals surface area (Å²) < 4.78 is 5.08. The van der Waals surface area contributed by atoms with E-state index in [1.54, 1.807) is 33.1 Å². The lowest BCUT2D eigenvalue weighted by atomic mass is 10.1. The van der Waals surface area contributed by atoms with Gasteiger partial charge in [-0.25, -0.2) is 0 Å². The molecule has 2 N–H and O–H groups in total. The Morgan fingerprint density at radius 3 is 2.72 bits per heavy atom. The van der Waals surface area contributed by atoms with E-state index in [0.29, 0.717) is 11.4 Å². The molecule has 0 aliphatic rings. The molecule has 5 nitrogen and oxygen atoms in total. The summed E-state index contributed by atoms with van der Waals surface area (Å²) in [5, 5.41) is 3.45. The first-order valence-electron chi connectivity index (χ1n) is 5.58. The molecule has 0 heterocycles. The largest absolute Gasteiger partial charge is 0.497 e. The van der Waals surface area contributed by atoms with Gasteiger partial charge in [0.25, 0.3) is 0 Å². The number of hydrogen-bond donors (Lipinski definition) is 1. The number of Topliss-reactive ketones (excluding diaryl/α,β-unsaturated/α-hetero) is 1. The Bertz CT molecular complexity index is 479. The minimum atomic E-state index is -0.163. The van der Waals surface area contributed by atoms with Crippen molar-refractivity contribution in [1.82, 2.24) is 0 Å². The minimum Gasteiger partial charge on any atom is -0.497 e. The molecule has 0 amide bonds. The zero-order valence-electron chi connectivity index (χ0n) is 10.8. The molecule has 0 bridgehead atoms. The van der Waals surface area contributed by atoms with Crippen LogP contribution < -0.4 is 10.6 Å². The first-order valence-corrected chi connectivity index (χ1v) is 5.58. The van der Waals surface area contributed by atoms with E-state index in [1.807, 2.05) is 12.1 Å². The normalized spacial score (nSPS) is 12.1. The average Bonchev–Trinajstić information content (AvgIpc) is 2.39. The maximum atomic E-state index is 11.7. The summed E-state index contributed by atoms with van der Waals surface area (Å²) in [7, 11) is 1.58. The Balaban J connectivity index is 2.87. The molecule has 0 unspecified atom stereocenters. The van der Waals surface area contributed by atoms with Gasteiger partial charge < -0.3 is 10.6 Å². The van der Waals surface area contributed by atoms with Gasteiger partial charge in [-0.05, 0) is 12.1 Å². The van der Waals surface area contributed by atoms with Crippen molar-refractivity contribution < 1.29 is 9.53 Å². The lowest BCUT2D eigenvalue weighted by Gasteiger charge is -2.02. The molecule has 0 fully saturated rings. The summed E-state index contributed by atoms with van der Waals surface area (Å²) in [6.07, 6.45) is 1.37. The summed E-state index contributed by atoms with van der Waals surface area (Å²) >= 11 is 0. The van der Waals surface area contributed by atoms with Crippen LogP contribution in [0, 0.1) is 5.92 Å². The predicted molar refractivity (Wildman–Crippen MR) is 72.6 cm³/mol. The first-order chi connectivity index (χ1) is 8.58. The van der Waals surface area contributed by atoms with E-state index in [-0.39, 0.29) is 17.4 Å². The van der Waals surface area contributed by atoms with E-state index in [2.05, 4.69) is 10.1 Å². The molecule has 0 radical (unpaired) electrons. The van der Waals surface area contributed by atoms with Gasteiger partial charge in [0.1, 0.15) is 11.5 Å². The monoisotopic (exact) mass is 247 g/mol. The molecule has 0 aromatic heterocycles. The van der Waals surface area contributed by atoms with Crippen molar-refractivity contribution in [1.29, 1.82) is 0 Å². The number of ketones is 1. The maximum Gasteiger partial charge on any atom is 0.187 e. The Labute approximate surface area is 106 Å². The van der Waals surface area contributed by atoms with Crippen molar-refractivity contribution >= 4 is 23.4 Å². The summed E-state index contributed by atoms with van der Waals surface area (Å²) in [5.41, 5.74) is 0.833. The second-order valence-corrected chi connectivity index (χ2v) is 3.99. The number of carbonyl (C=O) groups excluding carboxylic acids is 1. The van der Waals surface area contributed by atoms with Crippen LogP contribution in [0.3, 0.4) is 0 Å². The van der Waals surface area contributed by atoms with Crippen molar-refractivity contribution in [2.24, 2.45) is 21.9 Å². The van der Waals surface area contributed by atoms with Gasteiger partial charge in [0, 0.05) is 12.0 Å². The van der Waals surface area contributed by atoms with Gasteiger partial charge in [0.15, 0.2) is 5.78 Å². The molecule has 96 valence electrons. The number of methoxy groups -OCH3 is 1. The molecule has 18 heavy (non-hydrogen) atoms. The molecule has 5 heteroatoms. The van der Waals surface area contributed by atoms with E-state index >= 15 is 0 Å². The van der Waals surface area contributed by atoms with E-state index in [1.165, 1.54) is 6.21 Å². The highest BCUT2D eigenvalue weighted by Crippen LogP contribution is 2.18. The molecule has 0 spiro atoms. The average molecular weight is 247 g/mol. The minimum absolute atomic E-state index is 0.135. The third-order valence-corrected chi connectivity index (χ3v) is 2.31. The second kappa shape index (κ2) is 6.54. The van der Waals surface area contributed by atoms with Gasteiger partial charge in [0.05, 0.1) is 19.0 Å². The van der Waals surface area contributed by atoms with Gasteiger partial charge >= 0.3 is 0 Å². The molecular formula is C13H17N3O2. The van der Waals surface area contributed by atoms with Gasteiger partial charge in [-0.1, -0.05) is 19.9 Å². The molecule has 1 aromatic rings. The Morgan fingerprint density at radius 2 is 2.17 bits per heavy atom. The number of rotatable bonds is 5. The zero-order chi connectivity index (χ0) is 13.5. The van der Waals surface area contributed by atoms with Gasteiger partial charge in [-0.3, -0.25) is 9.79 Å². The highest BCUT2D eigenvalue weighted by atomic mass is 16.5. The number of hydrazone groups is 1. The number of aliphatic imine (C=N–C) groups is 1. The fourth-order valence-electron chi connectivity index (χ4n) is 1.28. The summed E-state index contributed by atoms with van der Waals surface area (Å²) in [6.45, 7) is 3.57. The van der Waals surface area contributed by atoms with Crippen LogP contribution in [0.4, 0.5) is 5.69 Å². The summed E-state index contributed by atoms with van der Waals surface area (Å²) in [6, 6.07) is 7.18. The predicted octanol–water partition coefficient (Wildman–Crippen LogP) is 1.94. The molecule has 0 atom stereocenters. The summed E-state index contributed by atoms with van der Waals surface area (Å²) in [5.74, 6) is 5.59. The maximum absolute atomic E-state index is 11.7. The smallest absolute Gasteiger partial charge is 0.187 e. The standard InChI is InChI=1S/C13H17N3O2/c1-9(2)13(17)12(16-14)8-15-10-5-4-6-11(7-10)18-3/h4-9H,14H2,1-3H3. The SMILES string of the molecule is COc1cccc(N=CC(=NN)C(=O)C(C)C)c1. The van der Waals surface area contributed by atoms with Gasteiger partial charge in [-0.2, -0.15) is 5.10 Å². The van der Waals surface area contributed by atoms with Gasteiger partial charge in [0.2, 0.25) is 0 Å². The zero-order valence-corrected chi connectivity index (χ0v) is 10.8.